The van der Waals surface area contributed by atoms with Gasteiger partial charge in [0.2, 0.25) is 0 Å². The summed E-state index contributed by atoms with van der Waals surface area (Å²) in [6.45, 7) is 2.26. The maximum absolute atomic E-state index is 12.3. The van der Waals surface area contributed by atoms with Crippen molar-refractivity contribution < 1.29 is 13.2 Å². The monoisotopic (exact) mass is 247 g/mol. The van der Waals surface area contributed by atoms with Gasteiger partial charge >= 0.3 is 6.18 Å². The molecule has 1 aromatic rings. The molecule has 0 fully saturated rings. The van der Waals surface area contributed by atoms with E-state index in [1.807, 2.05) is 0 Å². The molecule has 1 unspecified atom stereocenters. The quantitative estimate of drug-likeness (QED) is 0.838. The van der Waals surface area contributed by atoms with Crippen LogP contribution in [0.5, 0.6) is 0 Å². The molecule has 1 atom stereocenters. The Labute approximate surface area is 98.2 Å². The number of rotatable bonds is 5. The van der Waals surface area contributed by atoms with Crippen LogP contribution in [0, 0.1) is 0 Å². The first-order chi connectivity index (χ1) is 7.92. The van der Waals surface area contributed by atoms with Gasteiger partial charge in [-0.2, -0.15) is 13.2 Å². The first-order valence-electron chi connectivity index (χ1n) is 5.42. The third kappa shape index (κ3) is 5.04. The summed E-state index contributed by atoms with van der Waals surface area (Å²) in [7, 11) is 0. The summed E-state index contributed by atoms with van der Waals surface area (Å²) in [5.74, 6) is 0.289. The minimum absolute atomic E-state index is 0.229. The number of pyridine rings is 1. The number of nitrogens with zero attached hydrogens (tertiary/aromatic N) is 1. The lowest BCUT2D eigenvalue weighted by Gasteiger charge is -2.20. The van der Waals surface area contributed by atoms with Gasteiger partial charge in [0.25, 0.3) is 0 Å². The SMILES string of the molecule is CCNC(Cc1cccnc1N)CC(F)(F)F. The van der Waals surface area contributed by atoms with E-state index in [0.717, 1.165) is 0 Å². The third-order valence-corrected chi connectivity index (χ3v) is 2.36. The Hall–Kier alpha value is -1.30. The maximum atomic E-state index is 12.3. The molecular formula is C11H16F3N3. The van der Waals surface area contributed by atoms with Crippen LogP contribution < -0.4 is 11.1 Å². The molecule has 0 amide bonds. The van der Waals surface area contributed by atoms with Gasteiger partial charge in [-0.15, -0.1) is 0 Å². The molecule has 17 heavy (non-hydrogen) atoms. The molecule has 0 bridgehead atoms. The summed E-state index contributed by atoms with van der Waals surface area (Å²) in [6, 6.07) is 2.71. The second kappa shape index (κ2) is 5.86. The summed E-state index contributed by atoms with van der Waals surface area (Å²) < 4.78 is 37.0. The number of nitrogen functional groups attached to an aromatic ring is 1. The standard InChI is InChI=1S/C11H16F3N3/c1-2-16-9(7-11(12,13)14)6-8-4-3-5-17-10(8)15/h3-5,9,16H,2,6-7H2,1H3,(H2,15,17). The van der Waals surface area contributed by atoms with Crippen molar-refractivity contribution in [2.45, 2.75) is 32.0 Å². The highest BCUT2D eigenvalue weighted by Crippen LogP contribution is 2.23. The highest BCUT2D eigenvalue weighted by atomic mass is 19.4. The van der Waals surface area contributed by atoms with Gasteiger partial charge in [0, 0.05) is 12.2 Å². The molecule has 0 aliphatic carbocycles. The second-order valence-electron chi connectivity index (χ2n) is 3.83. The molecule has 0 saturated carbocycles. The molecule has 96 valence electrons. The Morgan fingerprint density at radius 2 is 2.18 bits per heavy atom. The van der Waals surface area contributed by atoms with E-state index in [0.29, 0.717) is 12.1 Å². The van der Waals surface area contributed by atoms with Gasteiger partial charge in [-0.05, 0) is 24.6 Å². The Kier molecular flexibility index (Phi) is 4.74. The summed E-state index contributed by atoms with van der Waals surface area (Å²) in [5, 5.41) is 2.81. The van der Waals surface area contributed by atoms with Crippen molar-refractivity contribution in [3.05, 3.63) is 23.9 Å². The Balaban J connectivity index is 2.70. The van der Waals surface area contributed by atoms with E-state index in [1.54, 1.807) is 19.1 Å². The topological polar surface area (TPSA) is 50.9 Å². The first-order valence-corrected chi connectivity index (χ1v) is 5.42. The lowest BCUT2D eigenvalue weighted by atomic mass is 10.0. The zero-order valence-electron chi connectivity index (χ0n) is 9.59. The van der Waals surface area contributed by atoms with Crippen molar-refractivity contribution in [1.82, 2.24) is 10.3 Å². The Bertz CT molecular complexity index is 352. The van der Waals surface area contributed by atoms with Gasteiger partial charge in [0.05, 0.1) is 6.42 Å². The molecule has 0 aliphatic heterocycles. The van der Waals surface area contributed by atoms with Crippen LogP contribution in [0.25, 0.3) is 0 Å². The van der Waals surface area contributed by atoms with Gasteiger partial charge in [0.15, 0.2) is 0 Å². The highest BCUT2D eigenvalue weighted by molar-refractivity contribution is 5.38. The van der Waals surface area contributed by atoms with E-state index >= 15 is 0 Å². The van der Waals surface area contributed by atoms with Crippen molar-refractivity contribution in [2.24, 2.45) is 0 Å². The molecule has 1 rings (SSSR count). The fraction of sp³-hybridized carbons (Fsp3) is 0.545. The van der Waals surface area contributed by atoms with E-state index in [2.05, 4.69) is 10.3 Å². The minimum Gasteiger partial charge on any atom is -0.383 e. The predicted octanol–water partition coefficient (Wildman–Crippen LogP) is 2.14. The number of aromatic nitrogens is 1. The summed E-state index contributed by atoms with van der Waals surface area (Å²) in [5.41, 5.74) is 6.25. The molecule has 6 heteroatoms. The average Bonchev–Trinajstić information content (AvgIpc) is 2.19. The van der Waals surface area contributed by atoms with Crippen molar-refractivity contribution in [3.8, 4) is 0 Å². The van der Waals surface area contributed by atoms with Crippen LogP contribution in [-0.4, -0.2) is 23.7 Å². The van der Waals surface area contributed by atoms with E-state index in [9.17, 15) is 13.2 Å². The van der Waals surface area contributed by atoms with Gasteiger partial charge in [-0.25, -0.2) is 4.98 Å². The van der Waals surface area contributed by atoms with Gasteiger partial charge in [0.1, 0.15) is 5.82 Å². The summed E-state index contributed by atoms with van der Waals surface area (Å²) >= 11 is 0. The van der Waals surface area contributed by atoms with Crippen LogP contribution in [0.4, 0.5) is 19.0 Å². The van der Waals surface area contributed by atoms with Crippen molar-refractivity contribution in [2.75, 3.05) is 12.3 Å². The Morgan fingerprint density at radius 1 is 1.47 bits per heavy atom. The smallest absolute Gasteiger partial charge is 0.383 e. The number of likely N-dealkylation sites (N-methyl/N-ethyl adjacent to an activating group) is 1. The highest BCUT2D eigenvalue weighted by Gasteiger charge is 2.31. The van der Waals surface area contributed by atoms with E-state index in [-0.39, 0.29) is 12.2 Å². The molecule has 0 aromatic carbocycles. The van der Waals surface area contributed by atoms with Crippen molar-refractivity contribution >= 4 is 5.82 Å². The van der Waals surface area contributed by atoms with Gasteiger partial charge in [-0.3, -0.25) is 0 Å². The molecule has 0 saturated heterocycles. The molecule has 1 aromatic heterocycles. The lowest BCUT2D eigenvalue weighted by molar-refractivity contribution is -0.139. The summed E-state index contributed by atoms with van der Waals surface area (Å²) in [6.07, 6.45) is -3.29. The first kappa shape index (κ1) is 13.8. The molecule has 3 nitrogen and oxygen atoms in total. The normalized spacial score (nSPS) is 13.6. The molecule has 0 spiro atoms. The van der Waals surface area contributed by atoms with E-state index in [1.165, 1.54) is 6.20 Å². The zero-order chi connectivity index (χ0) is 12.9. The number of halogens is 3. The van der Waals surface area contributed by atoms with Crippen LogP contribution in [0.3, 0.4) is 0 Å². The summed E-state index contributed by atoms with van der Waals surface area (Å²) in [4.78, 5) is 3.86. The number of alkyl halides is 3. The zero-order valence-corrected chi connectivity index (χ0v) is 9.59. The maximum Gasteiger partial charge on any atom is 0.390 e. The third-order valence-electron chi connectivity index (χ3n) is 2.36. The Morgan fingerprint density at radius 3 is 2.71 bits per heavy atom. The molecular weight excluding hydrogens is 231 g/mol. The average molecular weight is 247 g/mol. The van der Waals surface area contributed by atoms with Crippen LogP contribution in [0.15, 0.2) is 18.3 Å². The molecule has 0 aliphatic rings. The van der Waals surface area contributed by atoms with Gasteiger partial charge < -0.3 is 11.1 Å². The molecule has 1 heterocycles. The molecule has 3 N–H and O–H groups in total. The number of anilines is 1. The van der Waals surface area contributed by atoms with Gasteiger partial charge in [-0.1, -0.05) is 13.0 Å². The van der Waals surface area contributed by atoms with Crippen LogP contribution in [0.2, 0.25) is 0 Å². The molecule has 0 radical (unpaired) electrons. The number of nitrogens with two attached hydrogens (primary N) is 1. The number of hydrogen-bond acceptors (Lipinski definition) is 3. The van der Waals surface area contributed by atoms with E-state index < -0.39 is 18.6 Å². The lowest BCUT2D eigenvalue weighted by Crippen LogP contribution is -2.35. The fourth-order valence-corrected chi connectivity index (χ4v) is 1.67. The second-order valence-corrected chi connectivity index (χ2v) is 3.83. The minimum atomic E-state index is -4.18. The van der Waals surface area contributed by atoms with Crippen molar-refractivity contribution in [3.63, 3.8) is 0 Å². The van der Waals surface area contributed by atoms with Crippen LogP contribution >= 0.6 is 0 Å². The van der Waals surface area contributed by atoms with Crippen LogP contribution in [0.1, 0.15) is 18.9 Å². The number of nitrogens with one attached hydrogen (secondary N) is 1. The van der Waals surface area contributed by atoms with E-state index in [4.69, 9.17) is 5.73 Å². The fourth-order valence-electron chi connectivity index (χ4n) is 1.67. The largest absolute Gasteiger partial charge is 0.390 e. The van der Waals surface area contributed by atoms with Crippen LogP contribution in [-0.2, 0) is 6.42 Å². The number of hydrogen-bond donors (Lipinski definition) is 2. The predicted molar refractivity (Wildman–Crippen MR) is 60.5 cm³/mol. The van der Waals surface area contributed by atoms with Crippen molar-refractivity contribution in [1.29, 1.82) is 0 Å².